The highest BCUT2D eigenvalue weighted by Crippen LogP contribution is 2.29. The molecule has 0 radical (unpaired) electrons. The summed E-state index contributed by atoms with van der Waals surface area (Å²) in [5.41, 5.74) is 6.25. The number of benzene rings is 2. The number of sulfonamides is 1. The molecular weight excluding hydrogens is 280 g/mol. The molecule has 0 atom stereocenters. The van der Waals surface area contributed by atoms with Gasteiger partial charge in [0.1, 0.15) is 0 Å². The molecule has 3 N–H and O–H groups in total. The Morgan fingerprint density at radius 1 is 1.20 bits per heavy atom. The van der Waals surface area contributed by atoms with Crippen molar-refractivity contribution in [3.63, 3.8) is 0 Å². The Hall–Kier alpha value is -2.28. The quantitative estimate of drug-likeness (QED) is 0.844. The van der Waals surface area contributed by atoms with Crippen molar-refractivity contribution in [3.8, 4) is 0 Å². The number of anilines is 1. The van der Waals surface area contributed by atoms with E-state index in [2.05, 4.69) is 0 Å². The molecular formula is C13H14N2O4S. The van der Waals surface area contributed by atoms with Crippen molar-refractivity contribution >= 4 is 32.6 Å². The van der Waals surface area contributed by atoms with Crippen molar-refractivity contribution in [2.24, 2.45) is 0 Å². The Labute approximate surface area is 116 Å². The molecule has 0 unspecified atom stereocenters. The van der Waals surface area contributed by atoms with E-state index in [4.69, 9.17) is 10.8 Å². The summed E-state index contributed by atoms with van der Waals surface area (Å²) in [4.78, 5) is 11.0. The highest BCUT2D eigenvalue weighted by Gasteiger charge is 2.29. The van der Waals surface area contributed by atoms with Gasteiger partial charge in [-0.3, -0.25) is 0 Å². The minimum Gasteiger partial charge on any atom is -0.464 e. The molecule has 106 valence electrons. The average Bonchev–Trinajstić information content (AvgIpc) is 2.39. The summed E-state index contributed by atoms with van der Waals surface area (Å²) in [6.07, 6.45) is -1.51. The van der Waals surface area contributed by atoms with Crippen LogP contribution < -0.4 is 5.73 Å². The van der Waals surface area contributed by atoms with E-state index in [0.29, 0.717) is 20.8 Å². The molecule has 1 amide bonds. The highest BCUT2D eigenvalue weighted by molar-refractivity contribution is 7.89. The molecule has 0 saturated heterocycles. The number of hydrogen-bond acceptors (Lipinski definition) is 4. The van der Waals surface area contributed by atoms with Gasteiger partial charge in [-0.05, 0) is 19.1 Å². The number of nitrogens with zero attached hydrogens (tertiary/aromatic N) is 1. The molecule has 20 heavy (non-hydrogen) atoms. The molecule has 0 aliphatic heterocycles. The normalized spacial score (nSPS) is 11.4. The van der Waals surface area contributed by atoms with Crippen molar-refractivity contribution in [3.05, 3.63) is 36.4 Å². The van der Waals surface area contributed by atoms with Gasteiger partial charge in [0.05, 0.1) is 4.90 Å². The molecule has 0 fully saturated rings. The van der Waals surface area contributed by atoms with E-state index in [-0.39, 0.29) is 11.4 Å². The van der Waals surface area contributed by atoms with Crippen LogP contribution in [0.15, 0.2) is 41.3 Å². The first-order valence-electron chi connectivity index (χ1n) is 5.92. The van der Waals surface area contributed by atoms with Gasteiger partial charge in [-0.1, -0.05) is 24.3 Å². The molecule has 0 bridgehead atoms. The molecule has 0 aromatic heterocycles. The molecule has 2 aromatic rings. The lowest BCUT2D eigenvalue weighted by atomic mass is 10.1. The minimum absolute atomic E-state index is 0.0634. The van der Waals surface area contributed by atoms with Gasteiger partial charge in [-0.25, -0.2) is 17.5 Å². The fourth-order valence-corrected chi connectivity index (χ4v) is 3.53. The second-order valence-electron chi connectivity index (χ2n) is 4.15. The Morgan fingerprint density at radius 3 is 2.35 bits per heavy atom. The van der Waals surface area contributed by atoms with Crippen molar-refractivity contribution in [1.82, 2.24) is 4.31 Å². The Morgan fingerprint density at radius 2 is 1.80 bits per heavy atom. The molecule has 0 heterocycles. The number of rotatable bonds is 3. The van der Waals surface area contributed by atoms with Gasteiger partial charge in [0.2, 0.25) is 0 Å². The summed E-state index contributed by atoms with van der Waals surface area (Å²) >= 11 is 0. The first kappa shape index (κ1) is 14.1. The third-order valence-corrected chi connectivity index (χ3v) is 4.89. The zero-order chi connectivity index (χ0) is 14.9. The van der Waals surface area contributed by atoms with E-state index < -0.39 is 16.1 Å². The number of carboxylic acid groups (broad SMARTS) is 1. The highest BCUT2D eigenvalue weighted by atomic mass is 32.2. The zero-order valence-electron chi connectivity index (χ0n) is 10.8. The van der Waals surface area contributed by atoms with Gasteiger partial charge in [0.25, 0.3) is 10.0 Å². The van der Waals surface area contributed by atoms with E-state index in [1.807, 2.05) is 0 Å². The number of nitrogens with two attached hydrogens (primary N) is 1. The van der Waals surface area contributed by atoms with Crippen LogP contribution in [0.5, 0.6) is 0 Å². The van der Waals surface area contributed by atoms with E-state index in [1.54, 1.807) is 24.3 Å². The molecule has 6 nitrogen and oxygen atoms in total. The first-order chi connectivity index (χ1) is 9.39. The minimum atomic E-state index is -4.12. The smallest absolute Gasteiger partial charge is 0.421 e. The Bertz CT molecular complexity index is 771. The van der Waals surface area contributed by atoms with Crippen molar-refractivity contribution in [2.45, 2.75) is 11.8 Å². The number of fused-ring (bicyclic) bond motifs is 1. The van der Waals surface area contributed by atoms with Crippen molar-refractivity contribution < 1.29 is 18.3 Å². The topological polar surface area (TPSA) is 101 Å². The molecule has 0 aliphatic rings. The standard InChI is InChI=1S/C13H14N2O4S/c1-2-15(13(16)17)20(18,19)12-8-7-11(14)9-5-3-4-6-10(9)12/h3-8H,2,14H2,1H3,(H,16,17). The average molecular weight is 294 g/mol. The van der Waals surface area contributed by atoms with Crippen molar-refractivity contribution in [1.29, 1.82) is 0 Å². The van der Waals surface area contributed by atoms with Crippen LogP contribution >= 0.6 is 0 Å². The number of nitrogen functional groups attached to an aromatic ring is 1. The lowest BCUT2D eigenvalue weighted by Gasteiger charge is -2.18. The second kappa shape index (κ2) is 5.01. The lowest BCUT2D eigenvalue weighted by molar-refractivity contribution is 0.173. The van der Waals surface area contributed by atoms with Crippen LogP contribution in [0.4, 0.5) is 10.5 Å². The maximum absolute atomic E-state index is 12.4. The van der Waals surface area contributed by atoms with Gasteiger partial charge in [-0.2, -0.15) is 0 Å². The molecule has 0 aliphatic carbocycles. The van der Waals surface area contributed by atoms with Gasteiger partial charge >= 0.3 is 6.09 Å². The summed E-state index contributed by atoms with van der Waals surface area (Å²) in [6, 6.07) is 9.51. The van der Waals surface area contributed by atoms with E-state index in [1.165, 1.54) is 19.1 Å². The third kappa shape index (κ3) is 2.16. The van der Waals surface area contributed by atoms with Crippen LogP contribution in [0.3, 0.4) is 0 Å². The Kier molecular flexibility index (Phi) is 3.54. The molecule has 2 aromatic carbocycles. The summed E-state index contributed by atoms with van der Waals surface area (Å²) in [6.45, 7) is 1.31. The summed E-state index contributed by atoms with van der Waals surface area (Å²) in [7, 11) is -4.12. The fraction of sp³-hybridized carbons (Fsp3) is 0.154. The monoisotopic (exact) mass is 294 g/mol. The van der Waals surface area contributed by atoms with Gasteiger partial charge in [0, 0.05) is 23.0 Å². The zero-order valence-corrected chi connectivity index (χ0v) is 11.6. The van der Waals surface area contributed by atoms with Crippen LogP contribution in [-0.2, 0) is 10.0 Å². The van der Waals surface area contributed by atoms with E-state index in [9.17, 15) is 13.2 Å². The number of carbonyl (C=O) groups is 1. The molecule has 0 saturated carbocycles. The predicted molar refractivity (Wildman–Crippen MR) is 76.0 cm³/mol. The third-order valence-electron chi connectivity index (χ3n) is 2.99. The van der Waals surface area contributed by atoms with Crippen molar-refractivity contribution in [2.75, 3.05) is 12.3 Å². The maximum Gasteiger partial charge on any atom is 0.421 e. The summed E-state index contributed by atoms with van der Waals surface area (Å²) in [5, 5.41) is 10.0. The van der Waals surface area contributed by atoms with Gasteiger partial charge < -0.3 is 10.8 Å². The van der Waals surface area contributed by atoms with Crippen LogP contribution in [-0.4, -0.2) is 30.5 Å². The van der Waals surface area contributed by atoms with Crippen LogP contribution in [0.25, 0.3) is 10.8 Å². The Balaban J connectivity index is 2.76. The molecule has 7 heteroatoms. The van der Waals surface area contributed by atoms with Crippen LogP contribution in [0, 0.1) is 0 Å². The first-order valence-corrected chi connectivity index (χ1v) is 7.36. The maximum atomic E-state index is 12.4. The fourth-order valence-electron chi connectivity index (χ4n) is 2.05. The van der Waals surface area contributed by atoms with Crippen LogP contribution in [0.2, 0.25) is 0 Å². The van der Waals surface area contributed by atoms with Crippen LogP contribution in [0.1, 0.15) is 6.92 Å². The predicted octanol–water partition coefficient (Wildman–Crippen LogP) is 2.11. The van der Waals surface area contributed by atoms with Gasteiger partial charge in [0.15, 0.2) is 0 Å². The molecule has 0 spiro atoms. The lowest BCUT2D eigenvalue weighted by Crippen LogP contribution is -2.35. The molecule has 2 rings (SSSR count). The SMILES string of the molecule is CCN(C(=O)O)S(=O)(=O)c1ccc(N)c2ccccc12. The van der Waals surface area contributed by atoms with Gasteiger partial charge in [-0.15, -0.1) is 0 Å². The van der Waals surface area contributed by atoms with E-state index in [0.717, 1.165) is 0 Å². The second-order valence-corrected chi connectivity index (χ2v) is 5.98. The van der Waals surface area contributed by atoms with E-state index >= 15 is 0 Å². The summed E-state index contributed by atoms with van der Waals surface area (Å²) in [5.74, 6) is 0. The number of amides is 1. The largest absolute Gasteiger partial charge is 0.464 e. The number of hydrogen-bond donors (Lipinski definition) is 2. The summed E-state index contributed by atoms with van der Waals surface area (Å²) < 4.78 is 25.3.